The van der Waals surface area contributed by atoms with Gasteiger partial charge in [0, 0.05) is 44.1 Å². The first-order valence-corrected chi connectivity index (χ1v) is 8.89. The number of imidazole rings is 1. The van der Waals surface area contributed by atoms with Gasteiger partial charge in [0.2, 0.25) is 0 Å². The molecular formula is C23H23IrN2O2-. The number of carbonyl (C=O) groups is 1. The summed E-state index contributed by atoms with van der Waals surface area (Å²) in [5.41, 5.74) is 7.30. The number of ketones is 1. The van der Waals surface area contributed by atoms with Crippen LogP contribution in [0.15, 0.2) is 54.3 Å². The van der Waals surface area contributed by atoms with Crippen LogP contribution < -0.4 is 0 Å². The predicted molar refractivity (Wildman–Crippen MR) is 108 cm³/mol. The Morgan fingerprint density at radius 2 is 1.82 bits per heavy atom. The molecule has 0 saturated carbocycles. The molecule has 0 spiro atoms. The van der Waals surface area contributed by atoms with Gasteiger partial charge in [0.15, 0.2) is 5.78 Å². The van der Waals surface area contributed by atoms with Crippen LogP contribution >= 0.6 is 0 Å². The van der Waals surface area contributed by atoms with E-state index >= 15 is 0 Å². The Bertz CT molecular complexity index is 1030. The quantitative estimate of drug-likeness (QED) is 0.205. The van der Waals surface area contributed by atoms with Crippen molar-refractivity contribution < 1.29 is 30.0 Å². The van der Waals surface area contributed by atoms with Gasteiger partial charge < -0.3 is 9.67 Å². The number of aliphatic hydroxyl groups is 1. The van der Waals surface area contributed by atoms with Crippen LogP contribution in [0.1, 0.15) is 30.8 Å². The van der Waals surface area contributed by atoms with Gasteiger partial charge in [0.05, 0.1) is 11.6 Å². The zero-order valence-corrected chi connectivity index (χ0v) is 18.8. The monoisotopic (exact) mass is 552 g/mol. The van der Waals surface area contributed by atoms with Crippen molar-refractivity contribution in [1.82, 2.24) is 9.55 Å². The molecule has 4 nitrogen and oxygen atoms in total. The Hall–Kier alpha value is -2.49. The van der Waals surface area contributed by atoms with E-state index in [4.69, 9.17) is 10.1 Å². The van der Waals surface area contributed by atoms with Crippen molar-refractivity contribution in [2.45, 2.75) is 34.2 Å². The largest absolute Gasteiger partial charge is 0.512 e. The number of rotatable bonds is 1. The van der Waals surface area contributed by atoms with E-state index in [9.17, 15) is 4.79 Å². The molecule has 28 heavy (non-hydrogen) atoms. The average molecular weight is 552 g/mol. The van der Waals surface area contributed by atoms with E-state index in [1.807, 2.05) is 12.1 Å². The van der Waals surface area contributed by atoms with Crippen LogP contribution in [0.4, 0.5) is 0 Å². The van der Waals surface area contributed by atoms with Crippen molar-refractivity contribution in [3.05, 3.63) is 77.3 Å². The molecule has 0 aliphatic carbocycles. The minimum Gasteiger partial charge on any atom is -0.512 e. The smallest absolute Gasteiger partial charge is 0.155 e. The Morgan fingerprint density at radius 3 is 2.46 bits per heavy atom. The van der Waals surface area contributed by atoms with Gasteiger partial charge in [0.1, 0.15) is 0 Å². The fraction of sp³-hybridized carbons (Fsp3) is 0.217. The van der Waals surface area contributed by atoms with Crippen molar-refractivity contribution in [3.8, 4) is 22.5 Å². The number of fused-ring (bicyclic) bond motifs is 5. The number of aromatic nitrogens is 2. The van der Waals surface area contributed by atoms with Crippen LogP contribution in [0.25, 0.3) is 22.5 Å². The summed E-state index contributed by atoms with van der Waals surface area (Å²) >= 11 is 0. The summed E-state index contributed by atoms with van der Waals surface area (Å²) in [5, 5.41) is 8.36. The fourth-order valence-electron chi connectivity index (χ4n) is 3.27. The number of aryl methyl sites for hydroxylation is 1. The normalized spacial score (nSPS) is 11.6. The second-order valence-electron chi connectivity index (χ2n) is 6.70. The van der Waals surface area contributed by atoms with E-state index in [1.54, 1.807) is 0 Å². The SMILES string of the molecule is CC(=O)C=C(C)O.Cc1nc2n(c1C)Cc1ccccc1-c1ccc[c-]c1-2.[Ir]. The summed E-state index contributed by atoms with van der Waals surface area (Å²) in [6.45, 7) is 7.94. The van der Waals surface area contributed by atoms with E-state index in [2.05, 4.69) is 54.8 Å². The van der Waals surface area contributed by atoms with Gasteiger partial charge in [-0.2, -0.15) is 0 Å². The second-order valence-corrected chi connectivity index (χ2v) is 6.70. The molecule has 0 fully saturated rings. The number of allylic oxidation sites excluding steroid dienone is 2. The maximum absolute atomic E-state index is 10.0. The third-order valence-corrected chi connectivity index (χ3v) is 4.59. The Labute approximate surface area is 179 Å². The Balaban J connectivity index is 0.000000306. The van der Waals surface area contributed by atoms with Crippen molar-refractivity contribution in [3.63, 3.8) is 0 Å². The van der Waals surface area contributed by atoms with E-state index in [0.717, 1.165) is 23.6 Å². The maximum atomic E-state index is 10.0. The third-order valence-electron chi connectivity index (χ3n) is 4.59. The fourth-order valence-corrected chi connectivity index (χ4v) is 3.27. The molecule has 4 rings (SSSR count). The number of aliphatic hydroxyl groups excluding tert-OH is 1. The summed E-state index contributed by atoms with van der Waals surface area (Å²) in [5.74, 6) is 0.972. The average Bonchev–Trinajstić information content (AvgIpc) is 2.82. The molecule has 5 heteroatoms. The molecule has 0 atom stereocenters. The van der Waals surface area contributed by atoms with Crippen LogP contribution in [0.5, 0.6) is 0 Å². The van der Waals surface area contributed by atoms with Crippen LogP contribution in [-0.4, -0.2) is 20.4 Å². The van der Waals surface area contributed by atoms with Crippen molar-refractivity contribution in [2.75, 3.05) is 0 Å². The first-order chi connectivity index (χ1) is 12.9. The van der Waals surface area contributed by atoms with Crippen LogP contribution in [0, 0.1) is 19.9 Å². The molecule has 0 saturated heterocycles. The molecule has 1 aliphatic heterocycles. The molecule has 1 aliphatic rings. The van der Waals surface area contributed by atoms with Crippen LogP contribution in [-0.2, 0) is 31.4 Å². The molecule has 0 bridgehead atoms. The van der Waals surface area contributed by atoms with E-state index in [-0.39, 0.29) is 31.6 Å². The summed E-state index contributed by atoms with van der Waals surface area (Å²) < 4.78 is 2.30. The van der Waals surface area contributed by atoms with Gasteiger partial charge in [-0.15, -0.1) is 29.8 Å². The molecule has 1 radical (unpaired) electrons. The number of benzene rings is 2. The molecule has 1 aromatic heterocycles. The Kier molecular flexibility index (Phi) is 7.11. The molecule has 2 aromatic carbocycles. The maximum Gasteiger partial charge on any atom is 0.155 e. The number of hydrogen-bond donors (Lipinski definition) is 1. The zero-order chi connectivity index (χ0) is 19.6. The Morgan fingerprint density at radius 1 is 1.14 bits per heavy atom. The molecule has 2 heterocycles. The molecule has 1 N–H and O–H groups in total. The van der Waals surface area contributed by atoms with Crippen LogP contribution in [0.2, 0.25) is 0 Å². The van der Waals surface area contributed by atoms with Gasteiger partial charge in [-0.1, -0.05) is 35.4 Å². The van der Waals surface area contributed by atoms with Crippen molar-refractivity contribution in [2.24, 2.45) is 0 Å². The van der Waals surface area contributed by atoms with Gasteiger partial charge in [0.25, 0.3) is 0 Å². The topological polar surface area (TPSA) is 55.1 Å². The third kappa shape index (κ3) is 4.49. The van der Waals surface area contributed by atoms with E-state index in [1.165, 1.54) is 42.3 Å². The molecule has 0 unspecified atom stereocenters. The van der Waals surface area contributed by atoms with E-state index < -0.39 is 0 Å². The summed E-state index contributed by atoms with van der Waals surface area (Å²) in [4.78, 5) is 14.8. The molecule has 0 amide bonds. The second kappa shape index (κ2) is 9.13. The summed E-state index contributed by atoms with van der Waals surface area (Å²) in [6.07, 6.45) is 1.17. The van der Waals surface area contributed by atoms with Crippen molar-refractivity contribution in [1.29, 1.82) is 0 Å². The predicted octanol–water partition coefficient (Wildman–Crippen LogP) is 5.03. The molecule has 3 aromatic rings. The minimum absolute atomic E-state index is 0. The van der Waals surface area contributed by atoms with Gasteiger partial charge in [-0.25, -0.2) is 0 Å². The summed E-state index contributed by atoms with van der Waals surface area (Å²) in [7, 11) is 0. The number of carbonyl (C=O) groups excluding carboxylic acids is 1. The number of nitrogens with zero attached hydrogens (tertiary/aromatic N) is 2. The summed E-state index contributed by atoms with van der Waals surface area (Å²) in [6, 6.07) is 18.2. The van der Waals surface area contributed by atoms with Gasteiger partial charge in [-0.05, 0) is 33.3 Å². The van der Waals surface area contributed by atoms with Crippen molar-refractivity contribution >= 4 is 5.78 Å². The first-order valence-electron chi connectivity index (χ1n) is 8.89. The standard InChI is InChI=1S/C18H15N2.C5H8O2.Ir/c1-12-13(2)20-11-14-7-3-4-8-15(14)16-9-5-6-10-17(16)18(20)19-12;1-4(6)3-5(2)7;/h3-9H,11H2,1-2H3;3,6H,1-2H3;/q-1;;. The zero-order valence-electron chi connectivity index (χ0n) is 16.4. The first kappa shape index (κ1) is 21.8. The molecule has 147 valence electrons. The van der Waals surface area contributed by atoms with E-state index in [0.29, 0.717) is 0 Å². The number of hydrogen-bond acceptors (Lipinski definition) is 3. The minimum atomic E-state index is -0.125. The van der Waals surface area contributed by atoms with Gasteiger partial charge >= 0.3 is 0 Å². The van der Waals surface area contributed by atoms with Gasteiger partial charge in [-0.3, -0.25) is 9.78 Å². The molecular weight excluding hydrogens is 528 g/mol. The van der Waals surface area contributed by atoms with Crippen LogP contribution in [0.3, 0.4) is 0 Å².